The molecule has 1 aliphatic carbocycles. The van der Waals surface area contributed by atoms with Gasteiger partial charge in [0, 0.05) is 24.2 Å². The minimum Gasteiger partial charge on any atom is -0.485 e. The van der Waals surface area contributed by atoms with E-state index in [1.807, 2.05) is 36.2 Å². The van der Waals surface area contributed by atoms with Gasteiger partial charge < -0.3 is 19.5 Å². The number of para-hydroxylation sites is 1. The highest BCUT2D eigenvalue weighted by atomic mass is 16.5. The molecule has 2 heterocycles. The Hall–Kier alpha value is -2.34. The van der Waals surface area contributed by atoms with Crippen molar-refractivity contribution >= 4 is 5.91 Å². The topological polar surface area (TPSA) is 67.6 Å². The maximum Gasteiger partial charge on any atom is 0.292 e. The summed E-state index contributed by atoms with van der Waals surface area (Å²) in [7, 11) is 2.01. The summed E-state index contributed by atoms with van der Waals surface area (Å²) in [5.74, 6) is 1.03. The number of amides is 1. The van der Waals surface area contributed by atoms with Crippen LogP contribution in [0.25, 0.3) is 0 Å². The van der Waals surface area contributed by atoms with Gasteiger partial charge in [-0.25, -0.2) is 0 Å². The minimum absolute atomic E-state index is 0.132. The lowest BCUT2D eigenvalue weighted by molar-refractivity contribution is -0.000548. The monoisotopic (exact) mass is 341 g/mol. The van der Waals surface area contributed by atoms with Gasteiger partial charge in [0.2, 0.25) is 5.76 Å². The zero-order chi connectivity index (χ0) is 17.3. The second-order valence-corrected chi connectivity index (χ2v) is 6.99. The summed E-state index contributed by atoms with van der Waals surface area (Å²) in [6.45, 7) is 1.09. The molecule has 6 nitrogen and oxygen atoms in total. The summed E-state index contributed by atoms with van der Waals surface area (Å²) in [5, 5.41) is 7.03. The molecular weight excluding hydrogens is 318 g/mol. The first-order valence-electron chi connectivity index (χ1n) is 8.83. The highest BCUT2D eigenvalue weighted by Crippen LogP contribution is 2.38. The number of nitrogens with one attached hydrogen (secondary N) is 1. The van der Waals surface area contributed by atoms with E-state index in [1.54, 1.807) is 6.07 Å². The molecule has 1 aliphatic heterocycles. The van der Waals surface area contributed by atoms with Crippen molar-refractivity contribution in [2.45, 2.75) is 43.9 Å². The number of hydrogen-bond donors (Lipinski definition) is 1. The zero-order valence-corrected chi connectivity index (χ0v) is 14.4. The average molecular weight is 341 g/mol. The maximum absolute atomic E-state index is 12.9. The summed E-state index contributed by atoms with van der Waals surface area (Å²) >= 11 is 0. The standard InChI is InChI=1S/C19H23N3O3/c1-20-15-6-9-19(10-7-15)13-22(18(23)17-8-11-21-25-17)12-14-4-2-3-5-16(14)24-19/h2-5,8,11,15,20H,6-7,9-10,12-13H2,1H3. The van der Waals surface area contributed by atoms with Crippen molar-refractivity contribution in [2.75, 3.05) is 13.6 Å². The van der Waals surface area contributed by atoms with Crippen LogP contribution in [0.15, 0.2) is 41.1 Å². The number of nitrogens with zero attached hydrogens (tertiary/aromatic N) is 2. The van der Waals surface area contributed by atoms with E-state index in [-0.39, 0.29) is 17.3 Å². The number of benzene rings is 1. The van der Waals surface area contributed by atoms with Gasteiger partial charge in [0.1, 0.15) is 11.4 Å². The predicted octanol–water partition coefficient (Wildman–Crippen LogP) is 2.61. The molecule has 1 fully saturated rings. The maximum atomic E-state index is 12.9. The van der Waals surface area contributed by atoms with Crippen molar-refractivity contribution in [1.29, 1.82) is 0 Å². The van der Waals surface area contributed by atoms with E-state index in [0.717, 1.165) is 37.0 Å². The number of aromatic nitrogens is 1. The Labute approximate surface area is 147 Å². The Bertz CT molecular complexity index is 736. The Kier molecular flexibility index (Phi) is 4.21. The Morgan fingerprint density at radius 2 is 2.08 bits per heavy atom. The number of rotatable bonds is 2. The fourth-order valence-corrected chi connectivity index (χ4v) is 3.93. The van der Waals surface area contributed by atoms with Crippen LogP contribution in [0.4, 0.5) is 0 Å². The summed E-state index contributed by atoms with van der Waals surface area (Å²) in [5.41, 5.74) is 0.693. The summed E-state index contributed by atoms with van der Waals surface area (Å²) in [6, 6.07) is 10.1. The van der Waals surface area contributed by atoms with E-state index < -0.39 is 0 Å². The number of carbonyl (C=O) groups is 1. The molecule has 0 unspecified atom stereocenters. The van der Waals surface area contributed by atoms with E-state index >= 15 is 0 Å². The number of hydrogen-bond acceptors (Lipinski definition) is 5. The number of carbonyl (C=O) groups excluding carboxylic acids is 1. The van der Waals surface area contributed by atoms with Gasteiger partial charge in [-0.15, -0.1) is 0 Å². The Morgan fingerprint density at radius 3 is 2.80 bits per heavy atom. The third-order valence-corrected chi connectivity index (χ3v) is 5.38. The van der Waals surface area contributed by atoms with Crippen LogP contribution >= 0.6 is 0 Å². The fraction of sp³-hybridized carbons (Fsp3) is 0.474. The van der Waals surface area contributed by atoms with Gasteiger partial charge in [-0.1, -0.05) is 23.4 Å². The van der Waals surface area contributed by atoms with E-state index in [0.29, 0.717) is 19.1 Å². The van der Waals surface area contributed by atoms with Gasteiger partial charge in [0.25, 0.3) is 5.91 Å². The lowest BCUT2D eigenvalue weighted by Crippen LogP contribution is -2.51. The number of ether oxygens (including phenoxy) is 1. The van der Waals surface area contributed by atoms with Gasteiger partial charge >= 0.3 is 0 Å². The lowest BCUT2D eigenvalue weighted by atomic mass is 9.81. The molecule has 0 bridgehead atoms. The summed E-state index contributed by atoms with van der Waals surface area (Å²) in [4.78, 5) is 14.7. The molecule has 132 valence electrons. The molecule has 1 aromatic carbocycles. The second-order valence-electron chi connectivity index (χ2n) is 6.99. The molecule has 25 heavy (non-hydrogen) atoms. The Morgan fingerprint density at radius 1 is 1.28 bits per heavy atom. The highest BCUT2D eigenvalue weighted by Gasteiger charge is 2.42. The highest BCUT2D eigenvalue weighted by molar-refractivity contribution is 5.91. The van der Waals surface area contributed by atoms with E-state index in [4.69, 9.17) is 9.26 Å². The second kappa shape index (κ2) is 6.52. The molecule has 1 spiro atoms. The van der Waals surface area contributed by atoms with Gasteiger partial charge in [-0.05, 0) is 38.8 Å². The van der Waals surface area contributed by atoms with E-state index in [1.165, 1.54) is 6.20 Å². The SMILES string of the molecule is CNC1CCC2(CC1)CN(C(=O)c1ccno1)Cc1ccccc1O2. The smallest absolute Gasteiger partial charge is 0.292 e. The minimum atomic E-state index is -0.338. The molecule has 2 aliphatic rings. The first kappa shape index (κ1) is 16.1. The summed E-state index contributed by atoms with van der Waals surface area (Å²) < 4.78 is 11.6. The normalized spacial score (nSPS) is 26.0. The van der Waals surface area contributed by atoms with Crippen molar-refractivity contribution in [3.63, 3.8) is 0 Å². The van der Waals surface area contributed by atoms with Crippen LogP contribution < -0.4 is 10.1 Å². The van der Waals surface area contributed by atoms with Crippen LogP contribution in [-0.2, 0) is 6.54 Å². The number of fused-ring (bicyclic) bond motifs is 1. The van der Waals surface area contributed by atoms with Crippen molar-refractivity contribution in [2.24, 2.45) is 0 Å². The molecule has 1 amide bonds. The van der Waals surface area contributed by atoms with Crippen molar-refractivity contribution in [3.8, 4) is 5.75 Å². The third kappa shape index (κ3) is 3.14. The first-order chi connectivity index (χ1) is 12.2. The zero-order valence-electron chi connectivity index (χ0n) is 14.4. The largest absolute Gasteiger partial charge is 0.485 e. The predicted molar refractivity (Wildman–Crippen MR) is 92.4 cm³/mol. The molecule has 1 aromatic heterocycles. The molecule has 1 N–H and O–H groups in total. The first-order valence-corrected chi connectivity index (χ1v) is 8.83. The molecule has 0 radical (unpaired) electrons. The molecule has 4 rings (SSSR count). The van der Waals surface area contributed by atoms with Gasteiger partial charge in [-0.3, -0.25) is 4.79 Å². The average Bonchev–Trinajstić information content (AvgIpc) is 3.12. The molecule has 0 atom stereocenters. The van der Waals surface area contributed by atoms with Crippen LogP contribution in [0, 0.1) is 0 Å². The van der Waals surface area contributed by atoms with Crippen LogP contribution in [0.3, 0.4) is 0 Å². The quantitative estimate of drug-likeness (QED) is 0.909. The molecule has 1 saturated carbocycles. The third-order valence-electron chi connectivity index (χ3n) is 5.38. The van der Waals surface area contributed by atoms with Crippen LogP contribution in [0.2, 0.25) is 0 Å². The lowest BCUT2D eigenvalue weighted by Gasteiger charge is -2.41. The van der Waals surface area contributed by atoms with E-state index in [9.17, 15) is 4.79 Å². The van der Waals surface area contributed by atoms with Crippen LogP contribution in [0.5, 0.6) is 5.75 Å². The van der Waals surface area contributed by atoms with Crippen molar-refractivity contribution in [3.05, 3.63) is 47.9 Å². The van der Waals surface area contributed by atoms with Crippen LogP contribution in [0.1, 0.15) is 41.8 Å². The van der Waals surface area contributed by atoms with Gasteiger partial charge in [-0.2, -0.15) is 0 Å². The van der Waals surface area contributed by atoms with Crippen molar-refractivity contribution in [1.82, 2.24) is 15.4 Å². The van der Waals surface area contributed by atoms with Crippen LogP contribution in [-0.4, -0.2) is 41.2 Å². The van der Waals surface area contributed by atoms with Gasteiger partial charge in [0.15, 0.2) is 0 Å². The molecule has 6 heteroatoms. The molecule has 0 saturated heterocycles. The summed E-state index contributed by atoms with van der Waals surface area (Å²) in [6.07, 6.45) is 5.44. The fourth-order valence-electron chi connectivity index (χ4n) is 3.93. The molecular formula is C19H23N3O3. The molecule has 2 aromatic rings. The Balaban J connectivity index is 1.66. The van der Waals surface area contributed by atoms with Gasteiger partial charge in [0.05, 0.1) is 12.7 Å². The van der Waals surface area contributed by atoms with Crippen molar-refractivity contribution < 1.29 is 14.1 Å². The van der Waals surface area contributed by atoms with E-state index in [2.05, 4.69) is 10.5 Å².